The van der Waals surface area contributed by atoms with Crippen LogP contribution in [-0.4, -0.2) is 17.9 Å². The zero-order valence-corrected chi connectivity index (χ0v) is 8.27. The van der Waals surface area contributed by atoms with Crippen molar-refractivity contribution >= 4 is 10.9 Å². The van der Waals surface area contributed by atoms with E-state index in [1.165, 1.54) is 0 Å². The summed E-state index contributed by atoms with van der Waals surface area (Å²) < 4.78 is 12.8. The number of aromatic nitrogens is 1. The highest BCUT2D eigenvalue weighted by Gasteiger charge is 2.15. The topological polar surface area (TPSA) is 49.4 Å². The third-order valence-corrected chi connectivity index (χ3v) is 2.64. The van der Waals surface area contributed by atoms with Crippen molar-refractivity contribution in [3.63, 3.8) is 0 Å². The van der Waals surface area contributed by atoms with Gasteiger partial charge in [0.2, 0.25) is 6.79 Å². The van der Waals surface area contributed by atoms with Gasteiger partial charge in [-0.1, -0.05) is 0 Å². The van der Waals surface area contributed by atoms with Crippen molar-refractivity contribution in [1.82, 2.24) is 4.57 Å². The number of nitrogens with zero attached hydrogens (tertiary/aromatic N) is 1. The Balaban J connectivity index is 2.18. The Morgan fingerprint density at radius 1 is 1.27 bits per heavy atom. The van der Waals surface area contributed by atoms with E-state index in [1.54, 1.807) is 0 Å². The molecule has 0 radical (unpaired) electrons. The smallest absolute Gasteiger partial charge is 0.231 e. The van der Waals surface area contributed by atoms with Gasteiger partial charge >= 0.3 is 0 Å². The van der Waals surface area contributed by atoms with Gasteiger partial charge in [-0.25, -0.2) is 0 Å². The van der Waals surface area contributed by atoms with Gasteiger partial charge in [-0.2, -0.15) is 0 Å². The predicted molar refractivity (Wildman–Crippen MR) is 57.1 cm³/mol. The summed E-state index contributed by atoms with van der Waals surface area (Å²) in [6.07, 6.45) is 2.03. The number of hydrogen-bond donors (Lipinski definition) is 1. The molecular weight excluding hydrogens is 192 g/mol. The van der Waals surface area contributed by atoms with E-state index in [0.717, 1.165) is 28.9 Å². The van der Waals surface area contributed by atoms with Crippen molar-refractivity contribution in [2.24, 2.45) is 5.73 Å². The molecule has 0 saturated heterocycles. The summed E-state index contributed by atoms with van der Waals surface area (Å²) in [6.45, 7) is 1.78. The lowest BCUT2D eigenvalue weighted by atomic mass is 10.2. The van der Waals surface area contributed by atoms with Gasteiger partial charge in [-0.15, -0.1) is 0 Å². The minimum Gasteiger partial charge on any atom is -0.454 e. The average molecular weight is 204 g/mol. The highest BCUT2D eigenvalue weighted by atomic mass is 16.7. The van der Waals surface area contributed by atoms with Crippen LogP contribution in [-0.2, 0) is 6.54 Å². The Morgan fingerprint density at radius 3 is 2.87 bits per heavy atom. The Bertz CT molecular complexity index is 505. The molecule has 1 aromatic heterocycles. The molecule has 2 aromatic rings. The molecule has 0 atom stereocenters. The second-order valence-corrected chi connectivity index (χ2v) is 3.56. The first-order valence-corrected chi connectivity index (χ1v) is 4.97. The van der Waals surface area contributed by atoms with Crippen molar-refractivity contribution < 1.29 is 9.47 Å². The fraction of sp³-hybridized carbons (Fsp3) is 0.273. The zero-order valence-electron chi connectivity index (χ0n) is 8.27. The molecule has 0 unspecified atom stereocenters. The fourth-order valence-electron chi connectivity index (χ4n) is 1.91. The monoisotopic (exact) mass is 204 g/mol. The molecule has 0 saturated carbocycles. The van der Waals surface area contributed by atoms with E-state index in [2.05, 4.69) is 10.6 Å². The Labute approximate surface area is 87.2 Å². The van der Waals surface area contributed by atoms with Crippen LogP contribution in [0.15, 0.2) is 24.4 Å². The molecule has 0 aliphatic carbocycles. The molecular formula is C11H12N2O2. The number of hydrogen-bond acceptors (Lipinski definition) is 3. The van der Waals surface area contributed by atoms with Crippen LogP contribution in [0.4, 0.5) is 0 Å². The molecule has 0 amide bonds. The molecule has 2 N–H and O–H groups in total. The van der Waals surface area contributed by atoms with Crippen LogP contribution in [0.2, 0.25) is 0 Å². The van der Waals surface area contributed by atoms with Crippen LogP contribution in [0.5, 0.6) is 11.5 Å². The number of benzene rings is 1. The summed E-state index contributed by atoms with van der Waals surface area (Å²) in [6, 6.07) is 6.07. The molecule has 2 heterocycles. The van der Waals surface area contributed by atoms with Gasteiger partial charge in [-0.3, -0.25) is 0 Å². The van der Waals surface area contributed by atoms with E-state index >= 15 is 0 Å². The van der Waals surface area contributed by atoms with Crippen molar-refractivity contribution in [2.75, 3.05) is 13.3 Å². The maximum absolute atomic E-state index is 5.55. The molecule has 0 spiro atoms. The molecule has 1 aliphatic rings. The van der Waals surface area contributed by atoms with Gasteiger partial charge in [-0.05, 0) is 12.1 Å². The first-order valence-electron chi connectivity index (χ1n) is 4.97. The summed E-state index contributed by atoms with van der Waals surface area (Å²) in [5.74, 6) is 1.65. The van der Waals surface area contributed by atoms with Crippen LogP contribution in [0.25, 0.3) is 10.9 Å². The molecule has 1 aromatic carbocycles. The average Bonchev–Trinajstić information content (AvgIpc) is 2.82. The van der Waals surface area contributed by atoms with E-state index in [-0.39, 0.29) is 0 Å². The Hall–Kier alpha value is -1.68. The summed E-state index contributed by atoms with van der Waals surface area (Å²) >= 11 is 0. The van der Waals surface area contributed by atoms with Crippen LogP contribution in [0, 0.1) is 0 Å². The quantitative estimate of drug-likeness (QED) is 0.802. The lowest BCUT2D eigenvalue weighted by Gasteiger charge is -2.03. The predicted octanol–water partition coefficient (Wildman–Crippen LogP) is 1.33. The van der Waals surface area contributed by atoms with E-state index in [9.17, 15) is 0 Å². The maximum atomic E-state index is 5.55. The van der Waals surface area contributed by atoms with Gasteiger partial charge in [0.25, 0.3) is 0 Å². The van der Waals surface area contributed by atoms with Crippen molar-refractivity contribution in [3.05, 3.63) is 24.4 Å². The van der Waals surface area contributed by atoms with Gasteiger partial charge in [0.1, 0.15) is 0 Å². The van der Waals surface area contributed by atoms with Crippen LogP contribution in [0.1, 0.15) is 0 Å². The summed E-state index contributed by atoms with van der Waals surface area (Å²) in [7, 11) is 0. The third-order valence-electron chi connectivity index (χ3n) is 2.64. The number of rotatable bonds is 2. The van der Waals surface area contributed by atoms with Gasteiger partial charge < -0.3 is 19.8 Å². The number of fused-ring (bicyclic) bond motifs is 2. The van der Waals surface area contributed by atoms with E-state index < -0.39 is 0 Å². The third kappa shape index (κ3) is 1.26. The largest absolute Gasteiger partial charge is 0.454 e. The van der Waals surface area contributed by atoms with Crippen LogP contribution < -0.4 is 15.2 Å². The second-order valence-electron chi connectivity index (χ2n) is 3.56. The highest BCUT2D eigenvalue weighted by molar-refractivity contribution is 5.84. The normalized spacial score (nSPS) is 13.7. The second kappa shape index (κ2) is 3.17. The molecule has 3 rings (SSSR count). The maximum Gasteiger partial charge on any atom is 0.231 e. The minimum absolute atomic E-state index is 0.318. The van der Waals surface area contributed by atoms with E-state index in [1.807, 2.05) is 18.3 Å². The highest BCUT2D eigenvalue weighted by Crippen LogP contribution is 2.36. The number of ether oxygens (including phenoxy) is 2. The van der Waals surface area contributed by atoms with Crippen molar-refractivity contribution in [1.29, 1.82) is 0 Å². The molecule has 4 nitrogen and oxygen atoms in total. The first kappa shape index (κ1) is 8.61. The lowest BCUT2D eigenvalue weighted by molar-refractivity contribution is 0.174. The summed E-state index contributed by atoms with van der Waals surface area (Å²) in [4.78, 5) is 0. The Morgan fingerprint density at radius 2 is 2.07 bits per heavy atom. The SMILES string of the molecule is NCCn1ccc2cc3c(cc21)OCO3. The molecule has 0 bridgehead atoms. The minimum atomic E-state index is 0.318. The van der Waals surface area contributed by atoms with E-state index in [0.29, 0.717) is 13.3 Å². The van der Waals surface area contributed by atoms with Gasteiger partial charge in [0, 0.05) is 30.7 Å². The van der Waals surface area contributed by atoms with Crippen LogP contribution >= 0.6 is 0 Å². The Kier molecular flexibility index (Phi) is 1.82. The zero-order chi connectivity index (χ0) is 10.3. The molecule has 4 heteroatoms. The number of nitrogens with two attached hydrogens (primary N) is 1. The molecule has 1 aliphatic heterocycles. The van der Waals surface area contributed by atoms with Crippen LogP contribution in [0.3, 0.4) is 0 Å². The molecule has 0 fully saturated rings. The summed E-state index contributed by atoms with van der Waals surface area (Å²) in [5, 5.41) is 1.16. The van der Waals surface area contributed by atoms with Crippen molar-refractivity contribution in [3.8, 4) is 11.5 Å². The van der Waals surface area contributed by atoms with Gasteiger partial charge in [0.05, 0.1) is 5.52 Å². The lowest BCUT2D eigenvalue weighted by Crippen LogP contribution is -2.08. The first-order chi connectivity index (χ1) is 7.38. The summed E-state index contributed by atoms with van der Waals surface area (Å²) in [5.41, 5.74) is 6.69. The van der Waals surface area contributed by atoms with Crippen molar-refractivity contribution in [2.45, 2.75) is 6.54 Å². The van der Waals surface area contributed by atoms with Gasteiger partial charge in [0.15, 0.2) is 11.5 Å². The standard InChI is InChI=1S/C11H12N2O2/c12-2-4-13-3-1-8-5-10-11(6-9(8)13)15-7-14-10/h1,3,5-6H,2,4,7,12H2. The molecule has 78 valence electrons. The fourth-order valence-corrected chi connectivity index (χ4v) is 1.91. The molecule has 15 heavy (non-hydrogen) atoms. The van der Waals surface area contributed by atoms with E-state index in [4.69, 9.17) is 15.2 Å².